The number of aliphatic hydroxyl groups is 1. The average Bonchev–Trinajstić information content (AvgIpc) is 2.48. The Morgan fingerprint density at radius 3 is 2.70 bits per heavy atom. The molecule has 0 amide bonds. The molecule has 0 aliphatic heterocycles. The number of benzene rings is 1. The topological polar surface area (TPSA) is 109 Å². The van der Waals surface area contributed by atoms with Gasteiger partial charge in [0.1, 0.15) is 5.71 Å². The van der Waals surface area contributed by atoms with Crippen molar-refractivity contribution in [3.05, 3.63) is 69.5 Å². The first kappa shape index (κ1) is 13.6. The van der Waals surface area contributed by atoms with Crippen LogP contribution < -0.4 is 0 Å². The maximum Gasteiger partial charge on any atom is 0.274 e. The van der Waals surface area contributed by atoms with E-state index >= 15 is 0 Å². The molecule has 0 spiro atoms. The maximum atomic E-state index is 10.8. The fourth-order valence-corrected chi connectivity index (χ4v) is 1.82. The van der Waals surface area contributed by atoms with E-state index in [-0.39, 0.29) is 17.0 Å². The fourth-order valence-electron chi connectivity index (χ4n) is 1.82. The summed E-state index contributed by atoms with van der Waals surface area (Å²) in [6.07, 6.45) is 3.09. The van der Waals surface area contributed by atoms with Gasteiger partial charge in [-0.2, -0.15) is 0 Å². The first-order chi connectivity index (χ1) is 9.67. The van der Waals surface area contributed by atoms with Crippen LogP contribution in [0.15, 0.2) is 47.9 Å². The predicted octanol–water partition coefficient (Wildman–Crippen LogP) is 1.71. The van der Waals surface area contributed by atoms with Gasteiger partial charge in [-0.3, -0.25) is 15.1 Å². The van der Waals surface area contributed by atoms with E-state index in [0.29, 0.717) is 11.1 Å². The van der Waals surface area contributed by atoms with E-state index in [9.17, 15) is 15.2 Å². The van der Waals surface area contributed by atoms with Gasteiger partial charge in [-0.05, 0) is 24.3 Å². The summed E-state index contributed by atoms with van der Waals surface area (Å²) in [5, 5.41) is 32.3. The molecule has 20 heavy (non-hydrogen) atoms. The van der Waals surface area contributed by atoms with Gasteiger partial charge in [0.25, 0.3) is 5.69 Å². The SMILES string of the molecule is O=[N+]([O-])c1ccc(/C(=N\O)c2cccnc2)cc1CO. The molecule has 0 saturated carbocycles. The van der Waals surface area contributed by atoms with Crippen molar-refractivity contribution in [2.24, 2.45) is 5.16 Å². The third kappa shape index (κ3) is 2.62. The molecule has 102 valence electrons. The second kappa shape index (κ2) is 5.89. The van der Waals surface area contributed by atoms with Crippen LogP contribution >= 0.6 is 0 Å². The molecule has 0 radical (unpaired) electrons. The largest absolute Gasteiger partial charge is 0.410 e. The minimum absolute atomic E-state index is 0.151. The van der Waals surface area contributed by atoms with Gasteiger partial charge in [-0.25, -0.2) is 0 Å². The highest BCUT2D eigenvalue weighted by Gasteiger charge is 2.16. The summed E-state index contributed by atoms with van der Waals surface area (Å²) < 4.78 is 0. The monoisotopic (exact) mass is 273 g/mol. The molecule has 2 rings (SSSR count). The quantitative estimate of drug-likeness (QED) is 0.381. The van der Waals surface area contributed by atoms with Crippen molar-refractivity contribution < 1.29 is 15.2 Å². The summed E-state index contributed by atoms with van der Waals surface area (Å²) in [5.41, 5.74) is 1.21. The van der Waals surface area contributed by atoms with Crippen molar-refractivity contribution in [2.75, 3.05) is 0 Å². The highest BCUT2D eigenvalue weighted by Crippen LogP contribution is 2.21. The highest BCUT2D eigenvalue weighted by molar-refractivity contribution is 6.12. The lowest BCUT2D eigenvalue weighted by Gasteiger charge is -2.06. The Balaban J connectivity index is 2.50. The van der Waals surface area contributed by atoms with Gasteiger partial charge in [0, 0.05) is 29.6 Å². The minimum Gasteiger partial charge on any atom is -0.410 e. The lowest BCUT2D eigenvalue weighted by Crippen LogP contribution is -2.06. The zero-order chi connectivity index (χ0) is 14.5. The molecule has 7 heteroatoms. The van der Waals surface area contributed by atoms with E-state index in [0.717, 1.165) is 0 Å². The molecular weight excluding hydrogens is 262 g/mol. The molecule has 0 atom stereocenters. The Morgan fingerprint density at radius 1 is 1.35 bits per heavy atom. The standard InChI is InChI=1S/C13H11N3O4/c17-8-11-6-9(3-4-12(11)16(19)20)13(15-18)10-2-1-5-14-7-10/h1-7,17-18H,8H2/b15-13+. The highest BCUT2D eigenvalue weighted by atomic mass is 16.6. The third-order valence-corrected chi connectivity index (χ3v) is 2.75. The first-order valence-electron chi connectivity index (χ1n) is 5.68. The smallest absolute Gasteiger partial charge is 0.274 e. The van der Waals surface area contributed by atoms with Crippen molar-refractivity contribution in [1.82, 2.24) is 4.98 Å². The van der Waals surface area contributed by atoms with Crippen LogP contribution in [0, 0.1) is 10.1 Å². The molecule has 0 aliphatic carbocycles. The van der Waals surface area contributed by atoms with Gasteiger partial charge in [-0.1, -0.05) is 5.16 Å². The lowest BCUT2D eigenvalue weighted by atomic mass is 10.0. The molecule has 0 unspecified atom stereocenters. The molecule has 1 heterocycles. The molecule has 1 aromatic heterocycles. The summed E-state index contributed by atoms with van der Waals surface area (Å²) >= 11 is 0. The zero-order valence-corrected chi connectivity index (χ0v) is 10.3. The van der Waals surface area contributed by atoms with Gasteiger partial charge >= 0.3 is 0 Å². The van der Waals surface area contributed by atoms with Crippen LogP contribution in [0.5, 0.6) is 0 Å². The van der Waals surface area contributed by atoms with Crippen LogP contribution in [0.2, 0.25) is 0 Å². The first-order valence-corrected chi connectivity index (χ1v) is 5.68. The predicted molar refractivity (Wildman–Crippen MR) is 70.7 cm³/mol. The minimum atomic E-state index is -0.574. The van der Waals surface area contributed by atoms with Crippen molar-refractivity contribution in [3.63, 3.8) is 0 Å². The molecule has 1 aromatic carbocycles. The van der Waals surface area contributed by atoms with E-state index in [2.05, 4.69) is 10.1 Å². The molecule has 2 N–H and O–H groups in total. The van der Waals surface area contributed by atoms with Crippen molar-refractivity contribution >= 4 is 11.4 Å². The van der Waals surface area contributed by atoms with Crippen LogP contribution in [0.25, 0.3) is 0 Å². The van der Waals surface area contributed by atoms with Crippen molar-refractivity contribution in [3.8, 4) is 0 Å². The number of aromatic nitrogens is 1. The van der Waals surface area contributed by atoms with Gasteiger partial charge < -0.3 is 10.3 Å². The van der Waals surface area contributed by atoms with Gasteiger partial charge in [-0.15, -0.1) is 0 Å². The van der Waals surface area contributed by atoms with Gasteiger partial charge in [0.15, 0.2) is 0 Å². The summed E-state index contributed by atoms with van der Waals surface area (Å²) in [5.74, 6) is 0. The van der Waals surface area contributed by atoms with Crippen LogP contribution in [0.3, 0.4) is 0 Å². The Hall–Kier alpha value is -2.80. The average molecular weight is 273 g/mol. The summed E-state index contributed by atoms with van der Waals surface area (Å²) in [4.78, 5) is 14.1. The summed E-state index contributed by atoms with van der Waals surface area (Å²) in [7, 11) is 0. The fraction of sp³-hybridized carbons (Fsp3) is 0.0769. The number of pyridine rings is 1. The molecule has 7 nitrogen and oxygen atoms in total. The number of nitrogens with zero attached hydrogens (tertiary/aromatic N) is 3. The van der Waals surface area contributed by atoms with E-state index in [1.54, 1.807) is 18.3 Å². The number of hydrogen-bond donors (Lipinski definition) is 2. The van der Waals surface area contributed by atoms with Crippen LogP contribution in [-0.2, 0) is 6.61 Å². The summed E-state index contributed by atoms with van der Waals surface area (Å²) in [6.45, 7) is -0.476. The Bertz CT molecular complexity index is 656. The lowest BCUT2D eigenvalue weighted by molar-refractivity contribution is -0.385. The van der Waals surface area contributed by atoms with Gasteiger partial charge in [0.05, 0.1) is 17.1 Å². The number of nitro benzene ring substituents is 1. The normalized spacial score (nSPS) is 11.3. The third-order valence-electron chi connectivity index (χ3n) is 2.75. The van der Waals surface area contributed by atoms with Crippen molar-refractivity contribution in [1.29, 1.82) is 0 Å². The number of aliphatic hydroxyl groups excluding tert-OH is 1. The van der Waals surface area contributed by atoms with Crippen LogP contribution in [-0.4, -0.2) is 25.9 Å². The number of oxime groups is 1. The van der Waals surface area contributed by atoms with Gasteiger partial charge in [0.2, 0.25) is 0 Å². The number of rotatable bonds is 4. The van der Waals surface area contributed by atoms with E-state index in [1.807, 2.05) is 0 Å². The molecule has 2 aromatic rings. The summed E-state index contributed by atoms with van der Waals surface area (Å²) in [6, 6.07) is 7.52. The van der Waals surface area contributed by atoms with E-state index < -0.39 is 11.5 Å². The van der Waals surface area contributed by atoms with Crippen molar-refractivity contribution in [2.45, 2.75) is 6.61 Å². The van der Waals surface area contributed by atoms with Crippen LogP contribution in [0.1, 0.15) is 16.7 Å². The number of hydrogen-bond acceptors (Lipinski definition) is 6. The second-order valence-electron chi connectivity index (χ2n) is 3.95. The van der Waals surface area contributed by atoms with Crippen LogP contribution in [0.4, 0.5) is 5.69 Å². The molecule has 0 fully saturated rings. The molecule has 0 saturated heterocycles. The van der Waals surface area contributed by atoms with E-state index in [4.69, 9.17) is 5.21 Å². The Morgan fingerprint density at radius 2 is 2.15 bits per heavy atom. The maximum absolute atomic E-state index is 10.8. The Kier molecular flexibility index (Phi) is 4.02. The second-order valence-corrected chi connectivity index (χ2v) is 3.95. The number of nitro groups is 1. The zero-order valence-electron chi connectivity index (χ0n) is 10.3. The Labute approximate surface area is 114 Å². The van der Waals surface area contributed by atoms with E-state index in [1.165, 1.54) is 24.4 Å². The molecular formula is C13H11N3O4. The molecule has 0 aliphatic rings. The molecule has 0 bridgehead atoms.